The highest BCUT2D eigenvalue weighted by Gasteiger charge is 2.18. The van der Waals surface area contributed by atoms with Crippen LogP contribution in [-0.4, -0.2) is 53.2 Å². The highest BCUT2D eigenvalue weighted by Crippen LogP contribution is 2.24. The molecule has 0 bridgehead atoms. The quantitative estimate of drug-likeness (QED) is 0.251. The van der Waals surface area contributed by atoms with Crippen molar-refractivity contribution in [3.8, 4) is 5.75 Å². The number of nitrogens with one attached hydrogen (secondary N) is 3. The van der Waals surface area contributed by atoms with E-state index in [1.54, 1.807) is 37.4 Å². The minimum atomic E-state index is -3.78. The summed E-state index contributed by atoms with van der Waals surface area (Å²) < 4.78 is 34.5. The first kappa shape index (κ1) is 23.1. The molecule has 0 saturated heterocycles. The first-order valence-electron chi connectivity index (χ1n) is 10.1. The first-order chi connectivity index (χ1) is 15.8. The average molecular weight is 491 g/mol. The van der Waals surface area contributed by atoms with Gasteiger partial charge >= 0.3 is 0 Å². The summed E-state index contributed by atoms with van der Waals surface area (Å²) in [5.74, 6) is 0.668. The smallest absolute Gasteiger partial charge is 0.279 e. The number of hydrogen-bond donors (Lipinski definition) is 4. The van der Waals surface area contributed by atoms with E-state index >= 15 is 0 Å². The van der Waals surface area contributed by atoms with Gasteiger partial charge in [-0.25, -0.2) is 0 Å². The number of anilines is 1. The fraction of sp³-hybridized carbons (Fsp3) is 0.238. The minimum Gasteiger partial charge on any atom is -0.492 e. The van der Waals surface area contributed by atoms with Crippen LogP contribution in [0.3, 0.4) is 0 Å². The number of ether oxygens (including phenoxy) is 1. The summed E-state index contributed by atoms with van der Waals surface area (Å²) in [5.41, 5.74) is 1.65. The van der Waals surface area contributed by atoms with Crippen molar-refractivity contribution in [3.05, 3.63) is 65.4 Å². The zero-order chi connectivity index (χ0) is 23.4. The lowest BCUT2D eigenvalue weighted by Gasteiger charge is -2.15. The van der Waals surface area contributed by atoms with Gasteiger partial charge in [0.2, 0.25) is 0 Å². The highest BCUT2D eigenvalue weighted by molar-refractivity contribution is 7.92. The van der Waals surface area contributed by atoms with Gasteiger partial charge in [-0.3, -0.25) is 14.5 Å². The van der Waals surface area contributed by atoms with E-state index in [2.05, 4.69) is 25.3 Å². The van der Waals surface area contributed by atoms with Crippen molar-refractivity contribution in [1.82, 2.24) is 25.3 Å². The molecule has 0 fully saturated rings. The summed E-state index contributed by atoms with van der Waals surface area (Å²) in [4.78, 5) is 0. The van der Waals surface area contributed by atoms with Gasteiger partial charge < -0.3 is 15.2 Å². The van der Waals surface area contributed by atoms with E-state index in [9.17, 15) is 13.5 Å². The summed E-state index contributed by atoms with van der Waals surface area (Å²) in [7, 11) is -2.23. The van der Waals surface area contributed by atoms with Crippen LogP contribution in [0.1, 0.15) is 11.7 Å². The van der Waals surface area contributed by atoms with Gasteiger partial charge in [-0.15, -0.1) is 0 Å². The molecular formula is C21H23ClN6O4S. The monoisotopic (exact) mass is 490 g/mol. The molecule has 0 radical (unpaired) electrons. The fourth-order valence-corrected chi connectivity index (χ4v) is 4.67. The third kappa shape index (κ3) is 5.45. The number of aromatic amines is 1. The maximum atomic E-state index is 12.5. The maximum Gasteiger partial charge on any atom is 0.279 e. The van der Waals surface area contributed by atoms with E-state index in [0.29, 0.717) is 35.3 Å². The summed E-state index contributed by atoms with van der Waals surface area (Å²) in [6.07, 6.45) is 0.587. The molecule has 2 aromatic carbocycles. The second-order valence-corrected chi connectivity index (χ2v) is 9.32. The van der Waals surface area contributed by atoms with Crippen LogP contribution in [0.5, 0.6) is 5.75 Å². The van der Waals surface area contributed by atoms with E-state index in [1.807, 2.05) is 12.1 Å². The summed E-state index contributed by atoms with van der Waals surface area (Å²) >= 11 is 5.99. The lowest BCUT2D eigenvalue weighted by atomic mass is 10.1. The van der Waals surface area contributed by atoms with Crippen LogP contribution >= 0.6 is 11.6 Å². The largest absolute Gasteiger partial charge is 0.492 e. The Labute approximate surface area is 195 Å². The molecule has 2 heterocycles. The average Bonchev–Trinajstić information content (AvgIpc) is 3.39. The number of halogens is 1. The van der Waals surface area contributed by atoms with Crippen LogP contribution in [-0.2, 0) is 17.1 Å². The van der Waals surface area contributed by atoms with Crippen LogP contribution in [0.15, 0.2) is 59.8 Å². The molecule has 0 aliphatic heterocycles. The zero-order valence-electron chi connectivity index (χ0n) is 17.7. The Morgan fingerprint density at radius 3 is 2.88 bits per heavy atom. The number of benzene rings is 2. The fourth-order valence-electron chi connectivity index (χ4n) is 3.29. The standard InChI is InChI=1S/C21H23ClN6O4S/c1-28-20(7-8-24-28)33(30,31)27-15-4-2-3-14(11-15)19(29)13-23-9-10-32-16-5-6-17-18(12-16)25-26-21(17)22/h2-8,11-12,19,23,27,29H,9-10,13H2,1H3,(H,25,26)/t19-/m0/s1. The maximum absolute atomic E-state index is 12.5. The predicted octanol–water partition coefficient (Wildman–Crippen LogP) is 2.45. The minimum absolute atomic E-state index is 0.0460. The van der Waals surface area contributed by atoms with Gasteiger partial charge in [0.1, 0.15) is 17.5 Å². The lowest BCUT2D eigenvalue weighted by molar-refractivity contribution is 0.172. The first-order valence-corrected chi connectivity index (χ1v) is 12.0. The molecule has 0 amide bonds. The summed E-state index contributed by atoms with van der Waals surface area (Å²) in [6.45, 7) is 1.17. The number of H-pyrrole nitrogens is 1. The van der Waals surface area contributed by atoms with Gasteiger partial charge in [0.05, 0.1) is 17.8 Å². The topological polar surface area (TPSA) is 134 Å². The molecule has 33 heavy (non-hydrogen) atoms. The number of aliphatic hydroxyl groups excluding tert-OH is 1. The van der Waals surface area contributed by atoms with E-state index in [1.165, 1.54) is 16.9 Å². The summed E-state index contributed by atoms with van der Waals surface area (Å²) in [5, 5.41) is 25.7. The Hall–Kier alpha value is -3.12. The van der Waals surface area contributed by atoms with Crippen molar-refractivity contribution in [3.63, 3.8) is 0 Å². The predicted molar refractivity (Wildman–Crippen MR) is 125 cm³/mol. The van der Waals surface area contributed by atoms with Crippen LogP contribution in [0.2, 0.25) is 5.15 Å². The highest BCUT2D eigenvalue weighted by atomic mass is 35.5. The third-order valence-corrected chi connectivity index (χ3v) is 6.68. The molecule has 4 aromatic rings. The van der Waals surface area contributed by atoms with Gasteiger partial charge in [-0.05, 0) is 35.9 Å². The summed E-state index contributed by atoms with van der Waals surface area (Å²) in [6, 6.07) is 13.5. The number of aromatic nitrogens is 4. The molecule has 0 spiro atoms. The van der Waals surface area contributed by atoms with Crippen molar-refractivity contribution in [2.45, 2.75) is 11.1 Å². The van der Waals surface area contributed by atoms with Crippen LogP contribution in [0.4, 0.5) is 5.69 Å². The molecule has 2 aromatic heterocycles. The van der Waals surface area contributed by atoms with Gasteiger partial charge in [0, 0.05) is 37.3 Å². The second-order valence-electron chi connectivity index (χ2n) is 7.31. The number of hydrogen-bond acceptors (Lipinski definition) is 7. The van der Waals surface area contributed by atoms with Gasteiger partial charge in [-0.1, -0.05) is 23.7 Å². The van der Waals surface area contributed by atoms with Crippen molar-refractivity contribution < 1.29 is 18.3 Å². The van der Waals surface area contributed by atoms with Crippen molar-refractivity contribution in [2.24, 2.45) is 7.05 Å². The van der Waals surface area contributed by atoms with Gasteiger partial charge in [0.15, 0.2) is 5.03 Å². The Balaban J connectivity index is 1.27. The van der Waals surface area contributed by atoms with Gasteiger partial charge in [-0.2, -0.15) is 18.6 Å². The van der Waals surface area contributed by atoms with Crippen molar-refractivity contribution >= 4 is 38.2 Å². The molecule has 10 nitrogen and oxygen atoms in total. The van der Waals surface area contributed by atoms with Crippen LogP contribution in [0, 0.1) is 0 Å². The number of rotatable bonds is 10. The lowest BCUT2D eigenvalue weighted by Crippen LogP contribution is -2.26. The molecule has 4 N–H and O–H groups in total. The Morgan fingerprint density at radius 1 is 1.24 bits per heavy atom. The van der Waals surface area contributed by atoms with Crippen molar-refractivity contribution in [1.29, 1.82) is 0 Å². The molecule has 1 atom stereocenters. The van der Waals surface area contributed by atoms with Crippen LogP contribution in [0.25, 0.3) is 10.9 Å². The second kappa shape index (κ2) is 9.79. The van der Waals surface area contributed by atoms with E-state index in [-0.39, 0.29) is 11.6 Å². The molecule has 0 aliphatic rings. The van der Waals surface area contributed by atoms with Crippen molar-refractivity contribution in [2.75, 3.05) is 24.4 Å². The SMILES string of the molecule is Cn1nccc1S(=O)(=O)Nc1cccc([C@@H](O)CNCCOc2ccc3c(Cl)[nH]nc3c2)c1. The number of fused-ring (bicyclic) bond motifs is 1. The molecule has 0 unspecified atom stereocenters. The molecule has 174 valence electrons. The van der Waals surface area contributed by atoms with Gasteiger partial charge in [0.25, 0.3) is 10.0 Å². The third-order valence-electron chi connectivity index (χ3n) is 4.94. The van der Waals surface area contributed by atoms with E-state index in [4.69, 9.17) is 16.3 Å². The Bertz CT molecular complexity index is 1350. The van der Waals surface area contributed by atoms with E-state index in [0.717, 1.165) is 10.9 Å². The Morgan fingerprint density at radius 2 is 2.09 bits per heavy atom. The van der Waals surface area contributed by atoms with E-state index < -0.39 is 16.1 Å². The van der Waals surface area contributed by atoms with Crippen LogP contribution < -0.4 is 14.8 Å². The number of nitrogens with zero attached hydrogens (tertiary/aromatic N) is 3. The normalized spacial score (nSPS) is 12.7. The Kier molecular flexibility index (Phi) is 6.84. The number of aryl methyl sites for hydroxylation is 1. The molecule has 12 heteroatoms. The number of aliphatic hydroxyl groups is 1. The molecular weight excluding hydrogens is 468 g/mol. The number of sulfonamides is 1. The zero-order valence-corrected chi connectivity index (χ0v) is 19.3. The molecule has 4 rings (SSSR count). The molecule has 0 saturated carbocycles. The molecule has 0 aliphatic carbocycles.